The Bertz CT molecular complexity index is 551. The van der Waals surface area contributed by atoms with Gasteiger partial charge in [-0.25, -0.2) is 4.98 Å². The molecule has 0 radical (unpaired) electrons. The van der Waals surface area contributed by atoms with E-state index in [1.165, 1.54) is 0 Å². The molecule has 0 aliphatic heterocycles. The fraction of sp³-hybridized carbons (Fsp3) is 0.100. The van der Waals surface area contributed by atoms with Crippen LogP contribution in [0.4, 0.5) is 13.2 Å². The van der Waals surface area contributed by atoms with Gasteiger partial charge in [-0.2, -0.15) is 13.2 Å². The average Bonchev–Trinajstić information content (AvgIpc) is 2.62. The lowest BCUT2D eigenvalue weighted by Crippen LogP contribution is -2.05. The molecule has 0 aromatic carbocycles. The molecule has 90 valence electrons. The van der Waals surface area contributed by atoms with Crippen LogP contribution >= 0.6 is 34.5 Å². The summed E-state index contributed by atoms with van der Waals surface area (Å²) < 4.78 is 38.2. The van der Waals surface area contributed by atoms with Gasteiger partial charge in [-0.3, -0.25) is 0 Å². The van der Waals surface area contributed by atoms with Gasteiger partial charge >= 0.3 is 6.18 Å². The molecule has 0 unspecified atom stereocenters. The Balaban J connectivity index is 2.52. The number of hydrogen-bond acceptors (Lipinski definition) is 2. The van der Waals surface area contributed by atoms with Gasteiger partial charge in [0.2, 0.25) is 0 Å². The highest BCUT2D eigenvalue weighted by Crippen LogP contribution is 2.35. The van der Waals surface area contributed by atoms with Gasteiger partial charge in [-0.15, -0.1) is 11.3 Å². The first-order valence-corrected chi connectivity index (χ1v) is 5.94. The molecule has 0 spiro atoms. The van der Waals surface area contributed by atoms with Gasteiger partial charge in [0, 0.05) is 0 Å². The molecule has 0 amide bonds. The molecule has 0 fully saturated rings. The van der Waals surface area contributed by atoms with Gasteiger partial charge in [-0.05, 0) is 24.3 Å². The van der Waals surface area contributed by atoms with Crippen LogP contribution in [0.3, 0.4) is 0 Å². The molecular formula is C10H4Cl2F3NS. The molecule has 2 rings (SSSR count). The number of alkyl halides is 3. The van der Waals surface area contributed by atoms with E-state index < -0.39 is 11.7 Å². The van der Waals surface area contributed by atoms with Crippen LogP contribution in [0, 0.1) is 0 Å². The summed E-state index contributed by atoms with van der Waals surface area (Å²) in [6.45, 7) is 0. The molecule has 0 aliphatic rings. The van der Waals surface area contributed by atoms with E-state index in [0.717, 1.165) is 23.5 Å². The third kappa shape index (κ3) is 2.91. The normalized spacial score (nSPS) is 11.8. The Kier molecular flexibility index (Phi) is 3.34. The molecular weight excluding hydrogens is 294 g/mol. The van der Waals surface area contributed by atoms with Crippen molar-refractivity contribution in [3.05, 3.63) is 39.3 Å². The SMILES string of the molecule is FC(F)(F)c1cc(Cl)nc(-c2ccc(Cl)s2)c1. The third-order valence-electron chi connectivity index (χ3n) is 1.95. The molecule has 0 N–H and O–H groups in total. The molecule has 17 heavy (non-hydrogen) atoms. The third-order valence-corrected chi connectivity index (χ3v) is 3.39. The highest BCUT2D eigenvalue weighted by molar-refractivity contribution is 7.19. The number of nitrogens with zero attached hydrogens (tertiary/aromatic N) is 1. The van der Waals surface area contributed by atoms with Gasteiger partial charge in [-0.1, -0.05) is 23.2 Å². The summed E-state index contributed by atoms with van der Waals surface area (Å²) in [4.78, 5) is 4.39. The van der Waals surface area contributed by atoms with Gasteiger partial charge in [0.05, 0.1) is 20.5 Å². The predicted octanol–water partition coefficient (Wildman–Crippen LogP) is 5.14. The highest BCUT2D eigenvalue weighted by atomic mass is 35.5. The summed E-state index contributed by atoms with van der Waals surface area (Å²) >= 11 is 12.4. The van der Waals surface area contributed by atoms with Crippen LogP contribution in [-0.4, -0.2) is 4.98 Å². The fourth-order valence-electron chi connectivity index (χ4n) is 1.24. The summed E-state index contributed by atoms with van der Waals surface area (Å²) in [5.74, 6) is 0. The molecule has 0 aliphatic carbocycles. The van der Waals surface area contributed by atoms with Gasteiger partial charge < -0.3 is 0 Å². The highest BCUT2D eigenvalue weighted by Gasteiger charge is 2.31. The second kappa shape index (κ2) is 4.48. The summed E-state index contributed by atoms with van der Waals surface area (Å²) in [5.41, 5.74) is -0.654. The van der Waals surface area contributed by atoms with E-state index in [2.05, 4.69) is 4.98 Å². The second-order valence-corrected chi connectivity index (χ2v) is 5.27. The standard InChI is InChI=1S/C10H4Cl2F3NS/c11-8-4-5(10(13,14)15)3-6(16-8)7-1-2-9(12)17-7/h1-4H. The van der Waals surface area contributed by atoms with Crippen molar-refractivity contribution in [2.24, 2.45) is 0 Å². The molecule has 0 atom stereocenters. The van der Waals surface area contributed by atoms with E-state index in [1.807, 2.05) is 0 Å². The van der Waals surface area contributed by atoms with E-state index in [4.69, 9.17) is 23.2 Å². The number of hydrogen-bond donors (Lipinski definition) is 0. The van der Waals surface area contributed by atoms with Crippen LogP contribution in [0.15, 0.2) is 24.3 Å². The first-order valence-electron chi connectivity index (χ1n) is 4.37. The van der Waals surface area contributed by atoms with Crippen molar-refractivity contribution < 1.29 is 13.2 Å². The van der Waals surface area contributed by atoms with Crippen LogP contribution in [0.2, 0.25) is 9.49 Å². The monoisotopic (exact) mass is 297 g/mol. The van der Waals surface area contributed by atoms with Crippen molar-refractivity contribution >= 4 is 34.5 Å². The Morgan fingerprint density at radius 3 is 2.35 bits per heavy atom. The van der Waals surface area contributed by atoms with Crippen molar-refractivity contribution in [3.63, 3.8) is 0 Å². The van der Waals surface area contributed by atoms with Crippen LogP contribution in [0.5, 0.6) is 0 Å². The fourth-order valence-corrected chi connectivity index (χ4v) is 2.45. The first kappa shape index (κ1) is 12.7. The molecule has 0 saturated heterocycles. The van der Waals surface area contributed by atoms with Crippen LogP contribution in [-0.2, 0) is 6.18 Å². The molecule has 7 heteroatoms. The lowest BCUT2D eigenvalue weighted by atomic mass is 10.2. The van der Waals surface area contributed by atoms with Gasteiger partial charge in [0.1, 0.15) is 5.15 Å². The maximum atomic E-state index is 12.6. The van der Waals surface area contributed by atoms with E-state index in [-0.39, 0.29) is 10.8 Å². The second-order valence-electron chi connectivity index (χ2n) is 3.17. The predicted molar refractivity (Wildman–Crippen MR) is 62.6 cm³/mol. The smallest absolute Gasteiger partial charge is 0.235 e. The Labute approximate surface area is 109 Å². The maximum absolute atomic E-state index is 12.6. The van der Waals surface area contributed by atoms with Crippen LogP contribution in [0.25, 0.3) is 10.6 Å². The molecule has 0 bridgehead atoms. The largest absolute Gasteiger partial charge is 0.416 e. The maximum Gasteiger partial charge on any atom is 0.416 e. The number of pyridine rings is 1. The molecule has 1 nitrogen and oxygen atoms in total. The minimum absolute atomic E-state index is 0.168. The van der Waals surface area contributed by atoms with Crippen LogP contribution in [0.1, 0.15) is 5.56 Å². The van der Waals surface area contributed by atoms with Crippen molar-refractivity contribution in [1.82, 2.24) is 4.98 Å². The van der Waals surface area contributed by atoms with E-state index in [1.54, 1.807) is 12.1 Å². The minimum atomic E-state index is -4.44. The van der Waals surface area contributed by atoms with Crippen molar-refractivity contribution in [2.75, 3.05) is 0 Å². The Morgan fingerprint density at radius 1 is 1.12 bits per heavy atom. The summed E-state index contributed by atoms with van der Waals surface area (Å²) in [7, 11) is 0. The molecule has 0 saturated carbocycles. The zero-order chi connectivity index (χ0) is 12.6. The van der Waals surface area contributed by atoms with Crippen molar-refractivity contribution in [2.45, 2.75) is 6.18 Å². The Hall–Kier alpha value is -0.780. The minimum Gasteiger partial charge on any atom is -0.235 e. The molecule has 2 heterocycles. The topological polar surface area (TPSA) is 12.9 Å². The zero-order valence-electron chi connectivity index (χ0n) is 8.05. The number of rotatable bonds is 1. The first-order chi connectivity index (χ1) is 7.86. The van der Waals surface area contributed by atoms with E-state index in [0.29, 0.717) is 9.21 Å². The van der Waals surface area contributed by atoms with E-state index >= 15 is 0 Å². The average molecular weight is 298 g/mol. The molecule has 2 aromatic heterocycles. The van der Waals surface area contributed by atoms with Crippen molar-refractivity contribution in [3.8, 4) is 10.6 Å². The Morgan fingerprint density at radius 2 is 1.82 bits per heavy atom. The summed E-state index contributed by atoms with van der Waals surface area (Å²) in [6, 6.07) is 4.94. The van der Waals surface area contributed by atoms with Gasteiger partial charge in [0.15, 0.2) is 0 Å². The summed E-state index contributed by atoms with van der Waals surface area (Å²) in [5, 5.41) is -0.195. The summed E-state index contributed by atoms with van der Waals surface area (Å²) in [6.07, 6.45) is -4.44. The number of aromatic nitrogens is 1. The molecule has 2 aromatic rings. The lowest BCUT2D eigenvalue weighted by Gasteiger charge is -2.08. The van der Waals surface area contributed by atoms with Crippen LogP contribution < -0.4 is 0 Å². The number of thiophene rings is 1. The van der Waals surface area contributed by atoms with E-state index in [9.17, 15) is 13.2 Å². The number of halogens is 5. The quantitative estimate of drug-likeness (QED) is 0.665. The van der Waals surface area contributed by atoms with Crippen molar-refractivity contribution in [1.29, 1.82) is 0 Å². The zero-order valence-corrected chi connectivity index (χ0v) is 10.4. The van der Waals surface area contributed by atoms with Gasteiger partial charge in [0.25, 0.3) is 0 Å². The lowest BCUT2D eigenvalue weighted by molar-refractivity contribution is -0.137.